The number of piperidine rings is 1. The fraction of sp³-hybridized carbons (Fsp3) is 0.562. The second-order valence-electron chi connectivity index (χ2n) is 5.75. The molecule has 3 nitrogen and oxygen atoms in total. The van der Waals surface area contributed by atoms with Crippen LogP contribution in [0.4, 0.5) is 13.2 Å². The Hall–Kier alpha value is -1.56. The minimum atomic E-state index is -4.31. The number of halogens is 3. The van der Waals surface area contributed by atoms with Crippen LogP contribution in [0.3, 0.4) is 0 Å². The van der Waals surface area contributed by atoms with Crippen molar-refractivity contribution < 1.29 is 18.0 Å². The largest absolute Gasteiger partial charge is 0.416 e. The van der Waals surface area contributed by atoms with Crippen LogP contribution in [0.1, 0.15) is 30.4 Å². The van der Waals surface area contributed by atoms with Crippen LogP contribution in [-0.2, 0) is 17.4 Å². The van der Waals surface area contributed by atoms with Gasteiger partial charge in [0.2, 0.25) is 5.91 Å². The summed E-state index contributed by atoms with van der Waals surface area (Å²) in [5.41, 5.74) is 5.14. The summed E-state index contributed by atoms with van der Waals surface area (Å²) in [6.45, 7) is 1.29. The lowest BCUT2D eigenvalue weighted by Crippen LogP contribution is -2.43. The lowest BCUT2D eigenvalue weighted by Gasteiger charge is -2.32. The molecule has 1 aromatic carbocycles. The molecule has 0 aromatic heterocycles. The van der Waals surface area contributed by atoms with Gasteiger partial charge in [-0.1, -0.05) is 18.2 Å². The molecular formula is C16H21F3N2O. The molecule has 122 valence electrons. The first-order chi connectivity index (χ1) is 10.4. The molecule has 0 spiro atoms. The van der Waals surface area contributed by atoms with Gasteiger partial charge in [-0.3, -0.25) is 4.79 Å². The highest BCUT2D eigenvalue weighted by atomic mass is 19.4. The van der Waals surface area contributed by atoms with Gasteiger partial charge in [0.1, 0.15) is 0 Å². The summed E-state index contributed by atoms with van der Waals surface area (Å²) in [6, 6.07) is 5.71. The smallest absolute Gasteiger partial charge is 0.341 e. The third-order valence-corrected chi connectivity index (χ3v) is 4.19. The van der Waals surface area contributed by atoms with Crippen LogP contribution in [0.5, 0.6) is 0 Å². The normalized spacial score (nSPS) is 19.3. The minimum Gasteiger partial charge on any atom is -0.341 e. The van der Waals surface area contributed by atoms with Gasteiger partial charge in [0.15, 0.2) is 0 Å². The van der Waals surface area contributed by atoms with E-state index >= 15 is 0 Å². The molecule has 22 heavy (non-hydrogen) atoms. The Morgan fingerprint density at radius 3 is 2.73 bits per heavy atom. The number of alkyl halides is 3. The summed E-state index contributed by atoms with van der Waals surface area (Å²) >= 11 is 0. The first-order valence-corrected chi connectivity index (χ1v) is 7.54. The van der Waals surface area contributed by atoms with Crippen molar-refractivity contribution in [2.75, 3.05) is 19.6 Å². The maximum atomic E-state index is 13.0. The number of benzene rings is 1. The highest BCUT2D eigenvalue weighted by Gasteiger charge is 2.33. The molecule has 0 saturated carbocycles. The molecule has 1 heterocycles. The first-order valence-electron chi connectivity index (χ1n) is 7.54. The van der Waals surface area contributed by atoms with Crippen LogP contribution < -0.4 is 5.73 Å². The summed E-state index contributed by atoms with van der Waals surface area (Å²) in [5, 5.41) is 0. The minimum absolute atomic E-state index is 0.0103. The highest BCUT2D eigenvalue weighted by Crippen LogP contribution is 2.33. The quantitative estimate of drug-likeness (QED) is 0.929. The lowest BCUT2D eigenvalue weighted by atomic mass is 9.90. The van der Waals surface area contributed by atoms with Crippen molar-refractivity contribution >= 4 is 5.91 Å². The zero-order valence-corrected chi connectivity index (χ0v) is 12.4. The van der Waals surface area contributed by atoms with Gasteiger partial charge < -0.3 is 10.6 Å². The van der Waals surface area contributed by atoms with Gasteiger partial charge in [-0.2, -0.15) is 13.2 Å². The standard InChI is InChI=1S/C16H21F3N2O/c17-16(18,19)14-6-2-1-5-13(14)8-7-12-4-3-9-21(11-12)15(22)10-20/h1-2,5-6,12H,3-4,7-11,20H2. The third kappa shape index (κ3) is 4.22. The maximum absolute atomic E-state index is 13.0. The molecule has 6 heteroatoms. The number of nitrogens with two attached hydrogens (primary N) is 1. The number of likely N-dealkylation sites (tertiary alicyclic amines) is 1. The Bertz CT molecular complexity index is 516. The monoisotopic (exact) mass is 314 g/mol. The number of carbonyl (C=O) groups is 1. The van der Waals surface area contributed by atoms with Gasteiger partial charge in [0.05, 0.1) is 12.1 Å². The van der Waals surface area contributed by atoms with E-state index in [1.165, 1.54) is 12.1 Å². The summed E-state index contributed by atoms with van der Waals surface area (Å²) in [6.07, 6.45) is -1.45. The zero-order valence-electron chi connectivity index (χ0n) is 12.4. The van der Waals surface area contributed by atoms with E-state index < -0.39 is 11.7 Å². The topological polar surface area (TPSA) is 46.3 Å². The molecule has 1 amide bonds. The van der Waals surface area contributed by atoms with E-state index in [0.717, 1.165) is 18.9 Å². The van der Waals surface area contributed by atoms with E-state index in [1.807, 2.05) is 0 Å². The van der Waals surface area contributed by atoms with E-state index in [9.17, 15) is 18.0 Å². The van der Waals surface area contributed by atoms with Gasteiger partial charge in [-0.05, 0) is 43.2 Å². The molecule has 1 aliphatic heterocycles. The van der Waals surface area contributed by atoms with Crippen LogP contribution in [-0.4, -0.2) is 30.4 Å². The van der Waals surface area contributed by atoms with Crippen molar-refractivity contribution in [1.82, 2.24) is 4.90 Å². The van der Waals surface area contributed by atoms with E-state index in [-0.39, 0.29) is 18.4 Å². The van der Waals surface area contributed by atoms with Gasteiger partial charge >= 0.3 is 6.18 Å². The third-order valence-electron chi connectivity index (χ3n) is 4.19. The van der Waals surface area contributed by atoms with E-state index in [1.54, 1.807) is 11.0 Å². The number of hydrogen-bond donors (Lipinski definition) is 1. The zero-order chi connectivity index (χ0) is 16.2. The Labute approximate surface area is 128 Å². The molecule has 0 aliphatic carbocycles. The average Bonchev–Trinajstić information content (AvgIpc) is 2.52. The highest BCUT2D eigenvalue weighted by molar-refractivity contribution is 5.78. The molecule has 1 atom stereocenters. The predicted molar refractivity (Wildman–Crippen MR) is 78.1 cm³/mol. The molecule has 1 aromatic rings. The number of hydrogen-bond acceptors (Lipinski definition) is 2. The van der Waals surface area contributed by atoms with Gasteiger partial charge in [-0.15, -0.1) is 0 Å². The van der Waals surface area contributed by atoms with Gasteiger partial charge in [0.25, 0.3) is 0 Å². The van der Waals surface area contributed by atoms with Crippen molar-refractivity contribution in [1.29, 1.82) is 0 Å². The summed E-state index contributed by atoms with van der Waals surface area (Å²) in [7, 11) is 0. The average molecular weight is 314 g/mol. The molecule has 2 rings (SSSR count). The molecule has 1 unspecified atom stereocenters. The summed E-state index contributed by atoms with van der Waals surface area (Å²) in [5.74, 6) is 0.158. The van der Waals surface area contributed by atoms with Gasteiger partial charge in [-0.25, -0.2) is 0 Å². The summed E-state index contributed by atoms with van der Waals surface area (Å²) < 4.78 is 38.9. The number of aryl methyl sites for hydroxylation is 1. The van der Waals surface area contributed by atoms with Crippen molar-refractivity contribution in [3.05, 3.63) is 35.4 Å². The van der Waals surface area contributed by atoms with E-state index in [0.29, 0.717) is 31.5 Å². The van der Waals surface area contributed by atoms with Crippen LogP contribution in [0.2, 0.25) is 0 Å². The molecule has 0 radical (unpaired) electrons. The Morgan fingerprint density at radius 1 is 1.32 bits per heavy atom. The van der Waals surface area contributed by atoms with Crippen molar-refractivity contribution in [2.24, 2.45) is 11.7 Å². The molecule has 1 aliphatic rings. The fourth-order valence-electron chi connectivity index (χ4n) is 3.03. The summed E-state index contributed by atoms with van der Waals surface area (Å²) in [4.78, 5) is 13.4. The Morgan fingerprint density at radius 2 is 2.05 bits per heavy atom. The first kappa shape index (κ1) is 16.8. The van der Waals surface area contributed by atoms with Crippen LogP contribution in [0.15, 0.2) is 24.3 Å². The molecule has 2 N–H and O–H groups in total. The van der Waals surface area contributed by atoms with Gasteiger partial charge in [0, 0.05) is 13.1 Å². The maximum Gasteiger partial charge on any atom is 0.416 e. The van der Waals surface area contributed by atoms with Crippen LogP contribution in [0, 0.1) is 5.92 Å². The Balaban J connectivity index is 1.97. The number of carbonyl (C=O) groups excluding carboxylic acids is 1. The van der Waals surface area contributed by atoms with Crippen LogP contribution in [0.25, 0.3) is 0 Å². The van der Waals surface area contributed by atoms with Crippen molar-refractivity contribution in [2.45, 2.75) is 31.9 Å². The second kappa shape index (κ2) is 7.13. The predicted octanol–water partition coefficient (Wildman–Crippen LogP) is 2.84. The SMILES string of the molecule is NCC(=O)N1CCCC(CCc2ccccc2C(F)(F)F)C1. The lowest BCUT2D eigenvalue weighted by molar-refractivity contribution is -0.138. The number of amides is 1. The van der Waals surface area contributed by atoms with Crippen molar-refractivity contribution in [3.8, 4) is 0 Å². The fourth-order valence-corrected chi connectivity index (χ4v) is 3.03. The molecular weight excluding hydrogens is 293 g/mol. The second-order valence-corrected chi connectivity index (χ2v) is 5.75. The molecule has 0 bridgehead atoms. The number of rotatable bonds is 4. The number of nitrogens with zero attached hydrogens (tertiary/aromatic N) is 1. The van der Waals surface area contributed by atoms with E-state index in [4.69, 9.17) is 5.73 Å². The Kier molecular flexibility index (Phi) is 5.45. The van der Waals surface area contributed by atoms with E-state index in [2.05, 4.69) is 0 Å². The van der Waals surface area contributed by atoms with Crippen molar-refractivity contribution in [3.63, 3.8) is 0 Å². The van der Waals surface area contributed by atoms with Crippen LogP contribution >= 0.6 is 0 Å². The molecule has 1 fully saturated rings. The molecule has 1 saturated heterocycles.